The molecule has 0 atom stereocenters. The molecule has 0 aliphatic carbocycles. The van der Waals surface area contributed by atoms with Gasteiger partial charge in [0.2, 0.25) is 0 Å². The molecule has 0 aromatic heterocycles. The maximum atomic E-state index is 5.92. The monoisotopic (exact) mass is 414 g/mol. The fourth-order valence-corrected chi connectivity index (χ4v) is 6.28. The molecule has 0 heterocycles. The van der Waals surface area contributed by atoms with E-state index in [2.05, 4.69) is 19.1 Å². The molecule has 0 rings (SSSR count). The summed E-state index contributed by atoms with van der Waals surface area (Å²) in [5, 5.41) is 0. The topological polar surface area (TPSA) is 27.7 Å². The maximum Gasteiger partial charge on any atom is 0.500 e. The molecule has 3 nitrogen and oxygen atoms in total. The molecule has 0 N–H and O–H groups in total. The second kappa shape index (κ2) is 21.5. The summed E-state index contributed by atoms with van der Waals surface area (Å²) in [5.74, 6) is 0. The number of hydrogen-bond acceptors (Lipinski definition) is 3. The van der Waals surface area contributed by atoms with E-state index in [1.54, 1.807) is 0 Å². The number of rotatable bonds is 22. The summed E-state index contributed by atoms with van der Waals surface area (Å²) in [7, 11) is -2.41. The van der Waals surface area contributed by atoms with E-state index in [9.17, 15) is 0 Å². The number of unbranched alkanes of at least 4 members (excludes halogenated alkanes) is 12. The van der Waals surface area contributed by atoms with Crippen molar-refractivity contribution in [2.45, 2.75) is 124 Å². The van der Waals surface area contributed by atoms with Crippen LogP contribution >= 0.6 is 0 Å². The van der Waals surface area contributed by atoms with Crippen LogP contribution in [0.5, 0.6) is 0 Å². The van der Waals surface area contributed by atoms with Gasteiger partial charge in [-0.1, -0.05) is 76.9 Å². The van der Waals surface area contributed by atoms with Crippen LogP contribution in [-0.4, -0.2) is 28.6 Å². The van der Waals surface area contributed by atoms with Crippen LogP contribution in [0.1, 0.15) is 118 Å². The van der Waals surface area contributed by atoms with Crippen molar-refractivity contribution < 1.29 is 13.3 Å². The zero-order valence-electron chi connectivity index (χ0n) is 19.6. The van der Waals surface area contributed by atoms with Gasteiger partial charge in [-0.05, 0) is 52.9 Å². The lowest BCUT2D eigenvalue weighted by molar-refractivity contribution is 0.0706. The Hall–Kier alpha value is -0.163. The SMILES string of the molecule is CCCCCCCC/C=C\CCCCCCCC[Si](OCC)(OCC)OCC. The standard InChI is InChI=1S/C24H50O3Si/c1-5-9-10-11-12-13-14-15-16-17-18-19-20-21-22-23-24-28(25-6-2,26-7-3)27-8-4/h15-16H,5-14,17-24H2,1-4H3/b16-15-. The Bertz CT molecular complexity index is 317. The molecule has 0 aromatic carbocycles. The molecule has 0 saturated carbocycles. The minimum absolute atomic E-state index is 0.679. The van der Waals surface area contributed by atoms with Crippen molar-refractivity contribution in [3.05, 3.63) is 12.2 Å². The van der Waals surface area contributed by atoms with Gasteiger partial charge in [0.05, 0.1) is 0 Å². The highest BCUT2D eigenvalue weighted by atomic mass is 28.4. The van der Waals surface area contributed by atoms with Gasteiger partial charge in [-0.3, -0.25) is 0 Å². The average Bonchev–Trinajstić information content (AvgIpc) is 2.68. The maximum absolute atomic E-state index is 5.92. The molecule has 0 unspecified atom stereocenters. The zero-order chi connectivity index (χ0) is 20.8. The Kier molecular flexibility index (Phi) is 21.4. The van der Waals surface area contributed by atoms with E-state index < -0.39 is 8.80 Å². The van der Waals surface area contributed by atoms with E-state index in [1.807, 2.05) is 20.8 Å². The number of allylic oxidation sites excluding steroid dienone is 2. The van der Waals surface area contributed by atoms with E-state index in [0.29, 0.717) is 19.8 Å². The van der Waals surface area contributed by atoms with E-state index in [-0.39, 0.29) is 0 Å². The van der Waals surface area contributed by atoms with Gasteiger partial charge in [-0.15, -0.1) is 0 Å². The van der Waals surface area contributed by atoms with Gasteiger partial charge < -0.3 is 13.3 Å². The van der Waals surface area contributed by atoms with Crippen molar-refractivity contribution in [2.75, 3.05) is 19.8 Å². The Morgan fingerprint density at radius 3 is 1.32 bits per heavy atom. The largest absolute Gasteiger partial charge is 0.500 e. The normalized spacial score (nSPS) is 12.3. The molecule has 0 aromatic rings. The molecule has 0 aliphatic rings. The molecule has 0 spiro atoms. The van der Waals surface area contributed by atoms with Crippen LogP contribution in [0.3, 0.4) is 0 Å². The molecule has 0 amide bonds. The quantitative estimate of drug-likeness (QED) is 0.102. The minimum atomic E-state index is -2.41. The summed E-state index contributed by atoms with van der Waals surface area (Å²) in [5.41, 5.74) is 0. The lowest BCUT2D eigenvalue weighted by Gasteiger charge is -2.28. The molecule has 0 bridgehead atoms. The first-order chi connectivity index (χ1) is 13.7. The van der Waals surface area contributed by atoms with Crippen LogP contribution in [-0.2, 0) is 13.3 Å². The first kappa shape index (κ1) is 27.8. The molecular formula is C24H50O3Si. The average molecular weight is 415 g/mol. The summed E-state index contributed by atoms with van der Waals surface area (Å²) in [6.45, 7) is 10.4. The van der Waals surface area contributed by atoms with Crippen molar-refractivity contribution in [1.29, 1.82) is 0 Å². The lowest BCUT2D eigenvalue weighted by atomic mass is 10.1. The third-order valence-electron chi connectivity index (χ3n) is 5.09. The van der Waals surface area contributed by atoms with Crippen LogP contribution in [0.25, 0.3) is 0 Å². The third-order valence-corrected chi connectivity index (χ3v) is 8.24. The fourth-order valence-electron chi connectivity index (χ4n) is 3.59. The van der Waals surface area contributed by atoms with Crippen LogP contribution < -0.4 is 0 Å². The molecule has 0 radical (unpaired) electrons. The predicted octanol–water partition coefficient (Wildman–Crippen LogP) is 8.07. The van der Waals surface area contributed by atoms with Crippen molar-refractivity contribution in [3.63, 3.8) is 0 Å². The summed E-state index contributed by atoms with van der Waals surface area (Å²) in [6.07, 6.45) is 23.5. The zero-order valence-corrected chi connectivity index (χ0v) is 20.6. The fraction of sp³-hybridized carbons (Fsp3) is 0.917. The van der Waals surface area contributed by atoms with Crippen molar-refractivity contribution in [3.8, 4) is 0 Å². The van der Waals surface area contributed by atoms with Crippen LogP contribution in [0.4, 0.5) is 0 Å². The van der Waals surface area contributed by atoms with Gasteiger partial charge in [-0.25, -0.2) is 0 Å². The highest BCUT2D eigenvalue weighted by Crippen LogP contribution is 2.20. The van der Waals surface area contributed by atoms with E-state index in [4.69, 9.17) is 13.3 Å². The van der Waals surface area contributed by atoms with Gasteiger partial charge in [0.15, 0.2) is 0 Å². The second-order valence-electron chi connectivity index (χ2n) is 7.67. The third kappa shape index (κ3) is 16.8. The van der Waals surface area contributed by atoms with Gasteiger partial charge in [0.25, 0.3) is 0 Å². The lowest BCUT2D eigenvalue weighted by Crippen LogP contribution is -2.45. The molecule has 0 aliphatic heterocycles. The Morgan fingerprint density at radius 1 is 0.500 bits per heavy atom. The second-order valence-corrected chi connectivity index (χ2v) is 10.4. The molecule has 168 valence electrons. The van der Waals surface area contributed by atoms with Gasteiger partial charge >= 0.3 is 8.80 Å². The van der Waals surface area contributed by atoms with Crippen LogP contribution in [0.15, 0.2) is 12.2 Å². The Morgan fingerprint density at radius 2 is 0.893 bits per heavy atom. The van der Waals surface area contributed by atoms with E-state index >= 15 is 0 Å². The highest BCUT2D eigenvalue weighted by Gasteiger charge is 2.39. The minimum Gasteiger partial charge on any atom is -0.374 e. The Labute approximate surface area is 178 Å². The summed E-state index contributed by atoms with van der Waals surface area (Å²) < 4.78 is 17.8. The van der Waals surface area contributed by atoms with Crippen molar-refractivity contribution in [1.82, 2.24) is 0 Å². The molecule has 0 fully saturated rings. The van der Waals surface area contributed by atoms with Gasteiger partial charge in [0.1, 0.15) is 0 Å². The molecule has 4 heteroatoms. The van der Waals surface area contributed by atoms with E-state index in [1.165, 1.54) is 83.5 Å². The Balaban J connectivity index is 3.56. The molecular weight excluding hydrogens is 364 g/mol. The predicted molar refractivity (Wildman–Crippen MR) is 125 cm³/mol. The highest BCUT2D eigenvalue weighted by molar-refractivity contribution is 6.60. The first-order valence-corrected chi connectivity index (χ1v) is 14.2. The van der Waals surface area contributed by atoms with Crippen LogP contribution in [0, 0.1) is 0 Å². The number of hydrogen-bond donors (Lipinski definition) is 0. The smallest absolute Gasteiger partial charge is 0.374 e. The van der Waals surface area contributed by atoms with Crippen molar-refractivity contribution >= 4 is 8.80 Å². The van der Waals surface area contributed by atoms with Gasteiger partial charge in [-0.2, -0.15) is 0 Å². The van der Waals surface area contributed by atoms with Gasteiger partial charge in [0, 0.05) is 25.9 Å². The summed E-state index contributed by atoms with van der Waals surface area (Å²) in [4.78, 5) is 0. The summed E-state index contributed by atoms with van der Waals surface area (Å²) in [6, 6.07) is 0.962. The van der Waals surface area contributed by atoms with Crippen LogP contribution in [0.2, 0.25) is 6.04 Å². The molecule has 28 heavy (non-hydrogen) atoms. The molecule has 0 saturated heterocycles. The van der Waals surface area contributed by atoms with Crippen molar-refractivity contribution in [2.24, 2.45) is 0 Å². The summed E-state index contributed by atoms with van der Waals surface area (Å²) >= 11 is 0. The first-order valence-electron chi connectivity index (χ1n) is 12.3. The van der Waals surface area contributed by atoms with E-state index in [0.717, 1.165) is 12.5 Å².